The number of carbonyl (C=O) groups excluding carboxylic acids is 2. The zero-order valence-corrected chi connectivity index (χ0v) is 22.6. The van der Waals surface area contributed by atoms with Crippen molar-refractivity contribution in [2.45, 2.75) is 66.5 Å². The van der Waals surface area contributed by atoms with Crippen LogP contribution in [0.25, 0.3) is 0 Å². The molecule has 192 valence electrons. The topological polar surface area (TPSA) is 86.8 Å². The molecule has 35 heavy (non-hydrogen) atoms. The Hall–Kier alpha value is -2.87. The van der Waals surface area contributed by atoms with E-state index in [1.54, 1.807) is 12.1 Å². The van der Waals surface area contributed by atoms with Gasteiger partial charge in [0.2, 0.25) is 21.8 Å². The predicted molar refractivity (Wildman–Crippen MR) is 142 cm³/mol. The van der Waals surface area contributed by atoms with Gasteiger partial charge in [-0.2, -0.15) is 0 Å². The van der Waals surface area contributed by atoms with Gasteiger partial charge in [-0.05, 0) is 62.4 Å². The predicted octanol–water partition coefficient (Wildman–Crippen LogP) is 4.10. The third-order valence-electron chi connectivity index (χ3n) is 5.82. The van der Waals surface area contributed by atoms with Gasteiger partial charge in [-0.15, -0.1) is 0 Å². The molecule has 7 nitrogen and oxygen atoms in total. The van der Waals surface area contributed by atoms with Crippen molar-refractivity contribution < 1.29 is 18.0 Å². The summed E-state index contributed by atoms with van der Waals surface area (Å²) in [4.78, 5) is 28.3. The van der Waals surface area contributed by atoms with Crippen LogP contribution in [0.1, 0.15) is 55.4 Å². The number of benzene rings is 2. The minimum atomic E-state index is -3.74. The molecular weight excluding hydrogens is 462 g/mol. The summed E-state index contributed by atoms with van der Waals surface area (Å²) in [5.74, 6) is -0.646. The summed E-state index contributed by atoms with van der Waals surface area (Å²) >= 11 is 0. The maximum absolute atomic E-state index is 13.7. The first kappa shape index (κ1) is 28.4. The number of hydrogen-bond donors (Lipinski definition) is 1. The highest BCUT2D eigenvalue weighted by atomic mass is 32.2. The number of amides is 2. The average molecular weight is 502 g/mol. The monoisotopic (exact) mass is 501 g/mol. The van der Waals surface area contributed by atoms with Gasteiger partial charge >= 0.3 is 0 Å². The van der Waals surface area contributed by atoms with E-state index in [4.69, 9.17) is 0 Å². The molecule has 2 aromatic carbocycles. The van der Waals surface area contributed by atoms with Crippen molar-refractivity contribution in [1.29, 1.82) is 0 Å². The molecule has 0 bridgehead atoms. The number of nitrogens with zero attached hydrogens (tertiary/aromatic N) is 2. The van der Waals surface area contributed by atoms with Crippen LogP contribution in [0.2, 0.25) is 0 Å². The van der Waals surface area contributed by atoms with Crippen LogP contribution in [0, 0.1) is 20.8 Å². The second-order valence-electron chi connectivity index (χ2n) is 9.19. The number of carbonyl (C=O) groups is 2. The van der Waals surface area contributed by atoms with Gasteiger partial charge in [0.1, 0.15) is 12.6 Å². The lowest BCUT2D eigenvalue weighted by molar-refractivity contribution is -0.140. The number of aryl methyl sites for hydroxylation is 3. The quantitative estimate of drug-likeness (QED) is 0.444. The number of unbranched alkanes of at least 4 members (excludes halogenated alkanes) is 1. The number of nitrogens with one attached hydrogen (secondary N) is 1. The Morgan fingerprint density at radius 3 is 2.17 bits per heavy atom. The van der Waals surface area contributed by atoms with E-state index in [1.807, 2.05) is 65.0 Å². The summed E-state index contributed by atoms with van der Waals surface area (Å²) in [6, 6.07) is 12.5. The van der Waals surface area contributed by atoms with Gasteiger partial charge < -0.3 is 10.2 Å². The molecule has 0 saturated heterocycles. The average Bonchev–Trinajstić information content (AvgIpc) is 2.76. The van der Waals surface area contributed by atoms with Crippen LogP contribution in [-0.2, 0) is 26.2 Å². The maximum atomic E-state index is 13.7. The lowest BCUT2D eigenvalue weighted by Crippen LogP contribution is -2.52. The second-order valence-corrected chi connectivity index (χ2v) is 11.1. The molecule has 0 saturated carbocycles. The van der Waals surface area contributed by atoms with Crippen molar-refractivity contribution in [3.63, 3.8) is 0 Å². The van der Waals surface area contributed by atoms with Crippen LogP contribution in [0.4, 0.5) is 5.69 Å². The number of hydrogen-bond acceptors (Lipinski definition) is 4. The molecule has 1 atom stereocenters. The molecule has 2 aromatic rings. The van der Waals surface area contributed by atoms with Gasteiger partial charge in [0.15, 0.2) is 0 Å². The zero-order chi connectivity index (χ0) is 26.2. The fourth-order valence-corrected chi connectivity index (χ4v) is 4.97. The van der Waals surface area contributed by atoms with Gasteiger partial charge in [-0.3, -0.25) is 13.9 Å². The summed E-state index contributed by atoms with van der Waals surface area (Å²) in [6.07, 6.45) is 3.31. The highest BCUT2D eigenvalue weighted by Gasteiger charge is 2.31. The Morgan fingerprint density at radius 1 is 0.971 bits per heavy atom. The zero-order valence-electron chi connectivity index (χ0n) is 21.8. The van der Waals surface area contributed by atoms with Crippen LogP contribution < -0.4 is 9.62 Å². The lowest BCUT2D eigenvalue weighted by atomic mass is 10.1. The third kappa shape index (κ3) is 8.38. The Balaban J connectivity index is 2.43. The van der Waals surface area contributed by atoms with E-state index < -0.39 is 22.0 Å². The minimum Gasteiger partial charge on any atom is -0.354 e. The van der Waals surface area contributed by atoms with Crippen molar-refractivity contribution in [2.75, 3.05) is 23.7 Å². The molecule has 0 aromatic heterocycles. The highest BCUT2D eigenvalue weighted by Crippen LogP contribution is 2.22. The van der Waals surface area contributed by atoms with E-state index in [0.717, 1.165) is 45.7 Å². The molecule has 0 unspecified atom stereocenters. The van der Waals surface area contributed by atoms with E-state index in [1.165, 1.54) is 4.90 Å². The molecule has 2 rings (SSSR count). The maximum Gasteiger partial charge on any atom is 0.244 e. The fraction of sp³-hybridized carbons (Fsp3) is 0.481. The minimum absolute atomic E-state index is 0.213. The van der Waals surface area contributed by atoms with Crippen molar-refractivity contribution in [3.05, 3.63) is 64.7 Å². The number of anilines is 1. The van der Waals surface area contributed by atoms with Gasteiger partial charge in [-0.25, -0.2) is 8.42 Å². The largest absolute Gasteiger partial charge is 0.354 e. The van der Waals surface area contributed by atoms with Crippen LogP contribution in [0.5, 0.6) is 0 Å². The molecule has 0 fully saturated rings. The molecule has 0 aliphatic rings. The molecule has 8 heteroatoms. The van der Waals surface area contributed by atoms with E-state index in [2.05, 4.69) is 5.32 Å². The normalized spacial score (nSPS) is 12.2. The fourth-order valence-electron chi connectivity index (χ4n) is 4.14. The van der Waals surface area contributed by atoms with Gasteiger partial charge in [0.05, 0.1) is 11.9 Å². The first-order valence-corrected chi connectivity index (χ1v) is 14.0. The lowest BCUT2D eigenvalue weighted by Gasteiger charge is -2.33. The van der Waals surface area contributed by atoms with Gasteiger partial charge in [-0.1, -0.05) is 56.2 Å². The van der Waals surface area contributed by atoms with Gasteiger partial charge in [0.25, 0.3) is 0 Å². The Morgan fingerprint density at radius 2 is 1.63 bits per heavy atom. The van der Waals surface area contributed by atoms with Crippen LogP contribution in [-0.4, -0.2) is 50.5 Å². The van der Waals surface area contributed by atoms with Crippen LogP contribution >= 0.6 is 0 Å². The van der Waals surface area contributed by atoms with E-state index in [-0.39, 0.29) is 19.0 Å². The summed E-state index contributed by atoms with van der Waals surface area (Å²) in [6.45, 7) is 10.0. The van der Waals surface area contributed by atoms with E-state index >= 15 is 0 Å². The van der Waals surface area contributed by atoms with Crippen LogP contribution in [0.15, 0.2) is 42.5 Å². The molecule has 0 spiro atoms. The molecule has 0 heterocycles. The molecule has 0 radical (unpaired) electrons. The molecule has 0 aliphatic heterocycles. The van der Waals surface area contributed by atoms with Crippen molar-refractivity contribution in [2.24, 2.45) is 0 Å². The Labute approximate surface area is 210 Å². The van der Waals surface area contributed by atoms with Gasteiger partial charge in [0, 0.05) is 13.1 Å². The molecule has 0 aliphatic carbocycles. The van der Waals surface area contributed by atoms with Crippen LogP contribution in [0.3, 0.4) is 0 Å². The number of rotatable bonds is 12. The summed E-state index contributed by atoms with van der Waals surface area (Å²) in [5.41, 5.74) is 4.17. The van der Waals surface area contributed by atoms with Crippen molar-refractivity contribution in [1.82, 2.24) is 10.2 Å². The molecule has 2 amide bonds. The summed E-state index contributed by atoms with van der Waals surface area (Å²) < 4.78 is 26.6. The summed E-state index contributed by atoms with van der Waals surface area (Å²) in [5, 5.41) is 2.93. The van der Waals surface area contributed by atoms with E-state index in [9.17, 15) is 18.0 Å². The standard InChI is InChI=1S/C27H39N3O4S/c1-7-9-13-28-27(32)25(8-2)29(18-23-12-10-11-20(3)15-23)26(31)19-30(35(6,33)34)24-16-21(4)14-22(5)17-24/h10-12,14-17,25H,7-9,13,18-19H2,1-6H3,(H,28,32)/t25-/m1/s1. The second kappa shape index (κ2) is 12.7. The Kier molecular flexibility index (Phi) is 10.3. The third-order valence-corrected chi connectivity index (χ3v) is 6.97. The molecule has 1 N–H and O–H groups in total. The highest BCUT2D eigenvalue weighted by molar-refractivity contribution is 7.92. The first-order valence-electron chi connectivity index (χ1n) is 12.1. The smallest absolute Gasteiger partial charge is 0.244 e. The van der Waals surface area contributed by atoms with E-state index in [0.29, 0.717) is 18.7 Å². The summed E-state index contributed by atoms with van der Waals surface area (Å²) in [7, 11) is -3.74. The van der Waals surface area contributed by atoms with Crippen molar-refractivity contribution in [3.8, 4) is 0 Å². The van der Waals surface area contributed by atoms with Crippen molar-refractivity contribution >= 4 is 27.5 Å². The first-order chi connectivity index (χ1) is 16.5. The number of sulfonamides is 1. The SMILES string of the molecule is CCCCNC(=O)[C@@H](CC)N(Cc1cccc(C)c1)C(=O)CN(c1cc(C)cc(C)c1)S(C)(=O)=O. The Bertz CT molecular complexity index is 1110. The molecular formula is C27H39N3O4S.